The maximum atomic E-state index is 12.6. The highest BCUT2D eigenvalue weighted by Gasteiger charge is 2.27. The molecule has 0 aliphatic carbocycles. The molecule has 10 nitrogen and oxygen atoms in total. The minimum absolute atomic E-state index is 0.167. The summed E-state index contributed by atoms with van der Waals surface area (Å²) in [5.41, 5.74) is 0. The number of carbonyl (C=O) groups excluding carboxylic acids is 2. The van der Waals surface area contributed by atoms with E-state index in [0.29, 0.717) is 12.8 Å². The molecule has 0 aromatic rings. The van der Waals surface area contributed by atoms with Crippen LogP contribution in [-0.2, 0) is 32.7 Å². The van der Waals surface area contributed by atoms with Crippen molar-refractivity contribution in [1.29, 1.82) is 0 Å². The molecule has 0 aliphatic rings. The van der Waals surface area contributed by atoms with Gasteiger partial charge in [-0.2, -0.15) is 0 Å². The molecule has 304 valence electrons. The molecule has 0 fully saturated rings. The molecule has 0 heterocycles. The second-order valence-electron chi connectivity index (χ2n) is 13.7. The van der Waals surface area contributed by atoms with E-state index in [-0.39, 0.29) is 19.4 Å². The molecule has 0 bridgehead atoms. The van der Waals surface area contributed by atoms with Crippen molar-refractivity contribution in [2.24, 2.45) is 0 Å². The van der Waals surface area contributed by atoms with E-state index in [1.54, 1.807) is 0 Å². The Bertz CT molecular complexity index is 967. The van der Waals surface area contributed by atoms with Gasteiger partial charge in [-0.25, -0.2) is 4.57 Å². The van der Waals surface area contributed by atoms with Crippen molar-refractivity contribution in [1.82, 2.24) is 0 Å². The van der Waals surface area contributed by atoms with E-state index in [1.165, 1.54) is 70.6 Å². The first-order valence-corrected chi connectivity index (χ1v) is 21.9. The van der Waals surface area contributed by atoms with Gasteiger partial charge in [0.25, 0.3) is 0 Å². The first kappa shape index (κ1) is 50.2. The standard InChI is InChI=1S/C41H75O10P/c1-3-5-7-9-11-13-15-17-19-21-22-24-26-28-30-32-40(44)48-36-39(37-50-52(46,47)49-35-38(43)34-42)51-41(45)33-31-29-27-25-23-20-18-16-14-12-10-8-6-4-2/h16-19,22,24,38-39,42-43H,3-15,20-21,23,25-37H2,1-2H3,(H,46,47)/b18-16+,19-17+,24-22+/t38-,39+/m0/s1. The van der Waals surface area contributed by atoms with Gasteiger partial charge in [0.05, 0.1) is 19.8 Å². The molecule has 0 aromatic carbocycles. The summed E-state index contributed by atoms with van der Waals surface area (Å²) in [6.07, 6.45) is 36.8. The van der Waals surface area contributed by atoms with Gasteiger partial charge in [0.15, 0.2) is 6.10 Å². The molecule has 0 amide bonds. The second kappa shape index (κ2) is 37.5. The molecule has 0 spiro atoms. The molecule has 3 atom stereocenters. The number of aliphatic hydroxyl groups is 2. The maximum Gasteiger partial charge on any atom is 0.472 e. The van der Waals surface area contributed by atoms with Crippen molar-refractivity contribution in [3.8, 4) is 0 Å². The number of aliphatic hydroxyl groups excluding tert-OH is 2. The van der Waals surface area contributed by atoms with Crippen LogP contribution in [0.5, 0.6) is 0 Å². The van der Waals surface area contributed by atoms with E-state index >= 15 is 0 Å². The number of phosphoric acid groups is 1. The Morgan fingerprint density at radius 3 is 1.54 bits per heavy atom. The predicted octanol–water partition coefficient (Wildman–Crippen LogP) is 10.4. The van der Waals surface area contributed by atoms with Gasteiger partial charge in [-0.15, -0.1) is 0 Å². The summed E-state index contributed by atoms with van der Waals surface area (Å²) in [5, 5.41) is 18.3. The lowest BCUT2D eigenvalue weighted by Crippen LogP contribution is -2.29. The number of unbranched alkanes of at least 4 members (excludes halogenated alkanes) is 18. The second-order valence-corrected chi connectivity index (χ2v) is 15.1. The van der Waals surface area contributed by atoms with Crippen molar-refractivity contribution in [2.75, 3.05) is 26.4 Å². The summed E-state index contributed by atoms with van der Waals surface area (Å²) in [4.78, 5) is 34.9. The van der Waals surface area contributed by atoms with Crippen LogP contribution >= 0.6 is 7.82 Å². The average molecular weight is 759 g/mol. The highest BCUT2D eigenvalue weighted by molar-refractivity contribution is 7.47. The molecule has 0 radical (unpaired) electrons. The van der Waals surface area contributed by atoms with Crippen molar-refractivity contribution < 1.29 is 47.8 Å². The summed E-state index contributed by atoms with van der Waals surface area (Å²) in [5.74, 6) is -0.973. The molecule has 11 heteroatoms. The van der Waals surface area contributed by atoms with Crippen LogP contribution < -0.4 is 0 Å². The summed E-state index contributed by atoms with van der Waals surface area (Å²) >= 11 is 0. The lowest BCUT2D eigenvalue weighted by atomic mass is 10.1. The quantitative estimate of drug-likeness (QED) is 0.0240. The fourth-order valence-corrected chi connectivity index (χ4v) is 6.10. The van der Waals surface area contributed by atoms with Crippen LogP contribution in [0.4, 0.5) is 0 Å². The van der Waals surface area contributed by atoms with E-state index in [1.807, 2.05) is 0 Å². The molecule has 3 N–H and O–H groups in total. The third-order valence-electron chi connectivity index (χ3n) is 8.52. The number of allylic oxidation sites excluding steroid dienone is 6. The summed E-state index contributed by atoms with van der Waals surface area (Å²) in [6, 6.07) is 0. The molecule has 0 rings (SSSR count). The Morgan fingerprint density at radius 1 is 0.577 bits per heavy atom. The Hall–Kier alpha value is -1.81. The number of phosphoric ester groups is 1. The molecule has 0 aromatic heterocycles. The summed E-state index contributed by atoms with van der Waals surface area (Å²) in [7, 11) is -4.62. The van der Waals surface area contributed by atoms with Crippen molar-refractivity contribution in [3.05, 3.63) is 36.5 Å². The van der Waals surface area contributed by atoms with Crippen molar-refractivity contribution in [2.45, 2.75) is 187 Å². The van der Waals surface area contributed by atoms with Crippen LogP contribution in [0, 0.1) is 0 Å². The highest BCUT2D eigenvalue weighted by atomic mass is 31.2. The molecular formula is C41H75O10P. The van der Waals surface area contributed by atoms with Crippen LogP contribution in [0.15, 0.2) is 36.5 Å². The van der Waals surface area contributed by atoms with E-state index < -0.39 is 51.8 Å². The molecule has 0 saturated carbocycles. The zero-order valence-electron chi connectivity index (χ0n) is 32.8. The van der Waals surface area contributed by atoms with E-state index in [0.717, 1.165) is 64.2 Å². The zero-order chi connectivity index (χ0) is 38.4. The average Bonchev–Trinajstić information content (AvgIpc) is 3.13. The third kappa shape index (κ3) is 36.5. The third-order valence-corrected chi connectivity index (χ3v) is 9.47. The van der Waals surface area contributed by atoms with Gasteiger partial charge < -0.3 is 24.6 Å². The number of rotatable bonds is 38. The molecular weight excluding hydrogens is 683 g/mol. The summed E-state index contributed by atoms with van der Waals surface area (Å²) < 4.78 is 32.6. The first-order valence-electron chi connectivity index (χ1n) is 20.4. The Kier molecular flexibility index (Phi) is 36.2. The monoisotopic (exact) mass is 759 g/mol. The molecule has 0 saturated heterocycles. The molecule has 52 heavy (non-hydrogen) atoms. The van der Waals surface area contributed by atoms with Gasteiger partial charge in [0.2, 0.25) is 0 Å². The van der Waals surface area contributed by atoms with Crippen molar-refractivity contribution >= 4 is 19.8 Å². The number of esters is 2. The smallest absolute Gasteiger partial charge is 0.462 e. The number of ether oxygens (including phenoxy) is 2. The number of carbonyl (C=O) groups is 2. The van der Waals surface area contributed by atoms with Gasteiger partial charge in [-0.1, -0.05) is 127 Å². The molecule has 1 unspecified atom stereocenters. The Morgan fingerprint density at radius 2 is 1.00 bits per heavy atom. The minimum Gasteiger partial charge on any atom is -0.462 e. The number of hydrogen-bond donors (Lipinski definition) is 3. The largest absolute Gasteiger partial charge is 0.472 e. The van der Waals surface area contributed by atoms with Crippen molar-refractivity contribution in [3.63, 3.8) is 0 Å². The molecule has 0 aliphatic heterocycles. The maximum absolute atomic E-state index is 12.6. The SMILES string of the molecule is CCCCCCC/C=C/CCCCCCCC(=O)O[C@H](COC(=O)CCCC/C=C/C/C=C/CCCCCCCC)COP(=O)(O)OC[C@@H](O)CO. The van der Waals surface area contributed by atoms with Gasteiger partial charge in [0, 0.05) is 12.8 Å². The van der Waals surface area contributed by atoms with Gasteiger partial charge >= 0.3 is 19.8 Å². The topological polar surface area (TPSA) is 149 Å². The summed E-state index contributed by atoms with van der Waals surface area (Å²) in [6.45, 7) is 2.31. The highest BCUT2D eigenvalue weighted by Crippen LogP contribution is 2.43. The lowest BCUT2D eigenvalue weighted by molar-refractivity contribution is -0.161. The Labute approximate surface area is 316 Å². The number of hydrogen-bond acceptors (Lipinski definition) is 9. The Balaban J connectivity index is 4.40. The zero-order valence-corrected chi connectivity index (χ0v) is 33.7. The van der Waals surface area contributed by atoms with Crippen LogP contribution in [0.1, 0.15) is 174 Å². The lowest BCUT2D eigenvalue weighted by Gasteiger charge is -2.20. The van der Waals surface area contributed by atoms with Gasteiger partial charge in [-0.05, 0) is 70.6 Å². The minimum atomic E-state index is -4.62. The predicted molar refractivity (Wildman–Crippen MR) is 210 cm³/mol. The van der Waals surface area contributed by atoms with E-state index in [9.17, 15) is 24.2 Å². The van der Waals surface area contributed by atoms with E-state index in [4.69, 9.17) is 19.1 Å². The van der Waals surface area contributed by atoms with Crippen LogP contribution in [0.25, 0.3) is 0 Å². The van der Waals surface area contributed by atoms with Crippen LogP contribution in [-0.4, -0.2) is 65.7 Å². The van der Waals surface area contributed by atoms with Crippen LogP contribution in [0.3, 0.4) is 0 Å². The fourth-order valence-electron chi connectivity index (χ4n) is 5.31. The van der Waals surface area contributed by atoms with Crippen LogP contribution in [0.2, 0.25) is 0 Å². The van der Waals surface area contributed by atoms with E-state index in [2.05, 4.69) is 54.8 Å². The first-order chi connectivity index (χ1) is 25.2. The normalized spacial score (nSPS) is 14.3. The van der Waals surface area contributed by atoms with Gasteiger partial charge in [-0.3, -0.25) is 18.6 Å². The van der Waals surface area contributed by atoms with Gasteiger partial charge in [0.1, 0.15) is 12.7 Å². The fraction of sp³-hybridized carbons (Fsp3) is 0.805.